The van der Waals surface area contributed by atoms with E-state index in [4.69, 9.17) is 11.6 Å². The van der Waals surface area contributed by atoms with Gasteiger partial charge in [0, 0.05) is 13.1 Å². The second kappa shape index (κ2) is 6.82. The predicted molar refractivity (Wildman–Crippen MR) is 96.8 cm³/mol. The van der Waals surface area contributed by atoms with Crippen LogP contribution in [0.15, 0.2) is 16.2 Å². The second-order valence-corrected chi connectivity index (χ2v) is 6.43. The Balaban J connectivity index is 2.00. The molecule has 8 heteroatoms. The second-order valence-electron chi connectivity index (χ2n) is 5.16. The van der Waals surface area contributed by atoms with Crippen molar-refractivity contribution in [2.45, 2.75) is 13.8 Å². The van der Waals surface area contributed by atoms with Crippen molar-refractivity contribution in [3.8, 4) is 0 Å². The Bertz CT molecular complexity index is 887. The van der Waals surface area contributed by atoms with Gasteiger partial charge in [-0.25, -0.2) is 0 Å². The molecule has 0 saturated carbocycles. The lowest BCUT2D eigenvalue weighted by Gasteiger charge is -2.18. The third kappa shape index (κ3) is 3.04. The summed E-state index contributed by atoms with van der Waals surface area (Å²) in [6, 6.07) is 1.87. The summed E-state index contributed by atoms with van der Waals surface area (Å²) >= 11 is 7.53. The van der Waals surface area contributed by atoms with Crippen LogP contribution < -0.4 is 10.7 Å². The number of nitrogens with zero attached hydrogens (tertiary/aromatic N) is 3. The number of hydrogen-bond donors (Lipinski definition) is 2. The molecular formula is C15H18ClN5OS. The molecule has 0 amide bonds. The number of likely N-dealkylation sites (N-methyl/N-ethyl adjacent to an activating group) is 1. The van der Waals surface area contributed by atoms with Gasteiger partial charge in [0.05, 0.1) is 21.1 Å². The van der Waals surface area contributed by atoms with Crippen molar-refractivity contribution in [3.63, 3.8) is 0 Å². The number of halogens is 1. The smallest absolute Gasteiger partial charge is 0.211 e. The molecule has 0 bridgehead atoms. The molecule has 0 aliphatic heterocycles. The third-order valence-electron chi connectivity index (χ3n) is 3.90. The molecule has 0 aliphatic carbocycles. The Morgan fingerprint density at radius 2 is 2.13 bits per heavy atom. The topological polar surface area (TPSA) is 73.9 Å². The molecular weight excluding hydrogens is 334 g/mol. The van der Waals surface area contributed by atoms with Crippen LogP contribution in [0.1, 0.15) is 13.8 Å². The van der Waals surface area contributed by atoms with Crippen molar-refractivity contribution in [1.29, 1.82) is 0 Å². The molecule has 0 unspecified atom stereocenters. The lowest BCUT2D eigenvalue weighted by molar-refractivity contribution is 0.316. The monoisotopic (exact) mass is 351 g/mol. The Hall–Kier alpha value is -1.70. The summed E-state index contributed by atoms with van der Waals surface area (Å²) in [5.74, 6) is 0.480. The SMILES string of the molecule is CCN(CC)CCNc1nnc(Cl)c2[nH]c3ccsc3c(=O)c12. The third-order valence-corrected chi connectivity index (χ3v) is 5.08. The number of nitrogens with one attached hydrogen (secondary N) is 2. The zero-order valence-electron chi connectivity index (χ0n) is 13.0. The maximum atomic E-state index is 12.7. The molecule has 6 nitrogen and oxygen atoms in total. The van der Waals surface area contributed by atoms with Gasteiger partial charge in [0.2, 0.25) is 5.43 Å². The van der Waals surface area contributed by atoms with Crippen LogP contribution in [0.2, 0.25) is 5.15 Å². The highest BCUT2D eigenvalue weighted by Gasteiger charge is 2.15. The van der Waals surface area contributed by atoms with Crippen LogP contribution in [-0.2, 0) is 0 Å². The summed E-state index contributed by atoms with van der Waals surface area (Å²) in [6.07, 6.45) is 0. The first-order valence-electron chi connectivity index (χ1n) is 7.57. The average Bonchev–Trinajstić information content (AvgIpc) is 3.03. The molecule has 3 aromatic rings. The fourth-order valence-corrected chi connectivity index (χ4v) is 3.55. The van der Waals surface area contributed by atoms with Gasteiger partial charge in [-0.3, -0.25) is 4.79 Å². The first kappa shape index (κ1) is 16.2. The fourth-order valence-electron chi connectivity index (χ4n) is 2.58. The van der Waals surface area contributed by atoms with E-state index in [9.17, 15) is 4.79 Å². The van der Waals surface area contributed by atoms with Crippen molar-refractivity contribution in [2.24, 2.45) is 0 Å². The zero-order chi connectivity index (χ0) is 16.4. The Labute approximate surface area is 142 Å². The predicted octanol–water partition coefficient (Wildman–Crippen LogP) is 2.94. The van der Waals surface area contributed by atoms with Gasteiger partial charge in [-0.15, -0.1) is 21.5 Å². The lowest BCUT2D eigenvalue weighted by Crippen LogP contribution is -2.29. The van der Waals surface area contributed by atoms with Crippen LogP contribution in [0.3, 0.4) is 0 Å². The lowest BCUT2D eigenvalue weighted by atomic mass is 10.2. The molecule has 3 rings (SSSR count). The highest BCUT2D eigenvalue weighted by atomic mass is 35.5. The molecule has 0 fully saturated rings. The molecule has 122 valence electrons. The normalized spacial score (nSPS) is 11.7. The van der Waals surface area contributed by atoms with Gasteiger partial charge in [0.25, 0.3) is 0 Å². The minimum absolute atomic E-state index is 0.0640. The molecule has 2 N–H and O–H groups in total. The van der Waals surface area contributed by atoms with E-state index in [1.165, 1.54) is 11.3 Å². The van der Waals surface area contributed by atoms with Crippen molar-refractivity contribution < 1.29 is 0 Å². The Morgan fingerprint density at radius 3 is 2.87 bits per heavy atom. The highest BCUT2D eigenvalue weighted by Crippen LogP contribution is 2.26. The standard InChI is InChI=1S/C15H18ClN5OS/c1-3-21(4-2)7-6-17-15-10-11(14(16)19-20-15)18-9-5-8-23-13(9)12(10)22/h5,8H,3-4,6-7H2,1-2H3,(H,17,20)(H,18,22). The minimum atomic E-state index is -0.0640. The van der Waals surface area contributed by atoms with Crippen LogP contribution in [0.25, 0.3) is 21.1 Å². The molecule has 3 aromatic heterocycles. The number of thiophene rings is 1. The highest BCUT2D eigenvalue weighted by molar-refractivity contribution is 7.17. The number of pyridine rings is 1. The van der Waals surface area contributed by atoms with E-state index in [2.05, 4.69) is 39.2 Å². The molecule has 0 atom stereocenters. The summed E-state index contributed by atoms with van der Waals surface area (Å²) < 4.78 is 0.674. The van der Waals surface area contributed by atoms with Gasteiger partial charge in [-0.1, -0.05) is 25.4 Å². The van der Waals surface area contributed by atoms with Crippen molar-refractivity contribution in [2.75, 3.05) is 31.5 Å². The number of rotatable bonds is 6. The molecule has 3 heterocycles. The molecule has 23 heavy (non-hydrogen) atoms. The first-order valence-corrected chi connectivity index (χ1v) is 8.83. The maximum absolute atomic E-state index is 12.7. The van der Waals surface area contributed by atoms with Gasteiger partial charge < -0.3 is 15.2 Å². The number of hydrogen-bond acceptors (Lipinski definition) is 6. The number of aromatic amines is 1. The fraction of sp³-hybridized carbons (Fsp3) is 0.400. The van der Waals surface area contributed by atoms with E-state index in [-0.39, 0.29) is 10.6 Å². The molecule has 0 saturated heterocycles. The summed E-state index contributed by atoms with van der Waals surface area (Å²) in [7, 11) is 0. The Morgan fingerprint density at radius 1 is 1.35 bits per heavy atom. The maximum Gasteiger partial charge on any atom is 0.211 e. The molecule has 0 radical (unpaired) electrons. The minimum Gasteiger partial charge on any atom is -0.367 e. The summed E-state index contributed by atoms with van der Waals surface area (Å²) in [5.41, 5.74) is 1.24. The molecule has 0 aromatic carbocycles. The first-order chi connectivity index (χ1) is 11.2. The number of aromatic nitrogens is 3. The summed E-state index contributed by atoms with van der Waals surface area (Å²) in [4.78, 5) is 18.2. The van der Waals surface area contributed by atoms with E-state index in [1.807, 2.05) is 11.4 Å². The van der Waals surface area contributed by atoms with Crippen LogP contribution in [0.5, 0.6) is 0 Å². The van der Waals surface area contributed by atoms with E-state index in [1.54, 1.807) is 0 Å². The van der Waals surface area contributed by atoms with Gasteiger partial charge in [0.15, 0.2) is 11.0 Å². The largest absolute Gasteiger partial charge is 0.367 e. The quantitative estimate of drug-likeness (QED) is 0.714. The van der Waals surface area contributed by atoms with Crippen LogP contribution in [-0.4, -0.2) is 46.3 Å². The van der Waals surface area contributed by atoms with Gasteiger partial charge in [0.1, 0.15) is 0 Å². The number of H-pyrrole nitrogens is 1. The van der Waals surface area contributed by atoms with Crippen molar-refractivity contribution >= 4 is 49.9 Å². The number of fused-ring (bicyclic) bond motifs is 2. The zero-order valence-corrected chi connectivity index (χ0v) is 14.6. The molecule has 0 aliphatic rings. The van der Waals surface area contributed by atoms with Gasteiger partial charge in [-0.05, 0) is 24.5 Å². The van der Waals surface area contributed by atoms with E-state index in [0.717, 1.165) is 25.2 Å². The average molecular weight is 352 g/mol. The Kier molecular flexibility index (Phi) is 4.79. The van der Waals surface area contributed by atoms with E-state index < -0.39 is 0 Å². The number of anilines is 1. The summed E-state index contributed by atoms with van der Waals surface area (Å²) in [5, 5.41) is 13.8. The van der Waals surface area contributed by atoms with E-state index in [0.29, 0.717) is 28.0 Å². The van der Waals surface area contributed by atoms with Gasteiger partial charge >= 0.3 is 0 Å². The van der Waals surface area contributed by atoms with Gasteiger partial charge in [-0.2, -0.15) is 0 Å². The van der Waals surface area contributed by atoms with Crippen LogP contribution in [0.4, 0.5) is 5.82 Å². The van der Waals surface area contributed by atoms with Crippen LogP contribution >= 0.6 is 22.9 Å². The van der Waals surface area contributed by atoms with Crippen molar-refractivity contribution in [1.82, 2.24) is 20.1 Å². The van der Waals surface area contributed by atoms with Crippen LogP contribution in [0, 0.1) is 0 Å². The summed E-state index contributed by atoms with van der Waals surface area (Å²) in [6.45, 7) is 7.79. The van der Waals surface area contributed by atoms with Crippen molar-refractivity contribution in [3.05, 3.63) is 26.8 Å². The van der Waals surface area contributed by atoms with E-state index >= 15 is 0 Å². The molecule has 0 spiro atoms.